The maximum Gasteiger partial charge on any atom is 0.230 e. The summed E-state index contributed by atoms with van der Waals surface area (Å²) in [6, 6.07) is 8.03. The number of anilines is 1. The van der Waals surface area contributed by atoms with Gasteiger partial charge in [0.2, 0.25) is 5.91 Å². The number of carbonyl (C=O) groups is 1. The first-order valence-corrected chi connectivity index (χ1v) is 10.2. The summed E-state index contributed by atoms with van der Waals surface area (Å²) in [4.78, 5) is 23.3. The van der Waals surface area contributed by atoms with Gasteiger partial charge in [-0.05, 0) is 42.0 Å². The van der Waals surface area contributed by atoms with Gasteiger partial charge in [-0.3, -0.25) is 4.79 Å². The van der Waals surface area contributed by atoms with Crippen molar-refractivity contribution >= 4 is 23.5 Å². The number of amides is 1. The van der Waals surface area contributed by atoms with Gasteiger partial charge in [-0.25, -0.2) is 14.4 Å². The second-order valence-corrected chi connectivity index (χ2v) is 8.18. The van der Waals surface area contributed by atoms with Crippen molar-refractivity contribution in [1.29, 1.82) is 0 Å². The van der Waals surface area contributed by atoms with E-state index in [1.807, 2.05) is 6.07 Å². The number of piperidine rings is 1. The summed E-state index contributed by atoms with van der Waals surface area (Å²) in [7, 11) is 0. The first-order chi connectivity index (χ1) is 13.0. The van der Waals surface area contributed by atoms with Crippen LogP contribution in [0.1, 0.15) is 25.8 Å². The molecule has 7 heteroatoms. The summed E-state index contributed by atoms with van der Waals surface area (Å²) < 4.78 is 12.9. The van der Waals surface area contributed by atoms with Crippen molar-refractivity contribution in [1.82, 2.24) is 15.3 Å². The Labute approximate surface area is 163 Å². The predicted octanol–water partition coefficient (Wildman–Crippen LogP) is 3.51. The lowest BCUT2D eigenvalue weighted by atomic mass is 9.92. The van der Waals surface area contributed by atoms with E-state index in [0.29, 0.717) is 23.5 Å². The van der Waals surface area contributed by atoms with Crippen LogP contribution in [-0.2, 0) is 11.3 Å². The number of benzene rings is 1. The molecule has 1 N–H and O–H groups in total. The molecule has 1 aliphatic rings. The molecule has 27 heavy (non-hydrogen) atoms. The third-order valence-corrected chi connectivity index (χ3v) is 5.41. The van der Waals surface area contributed by atoms with Crippen LogP contribution in [-0.4, -0.2) is 34.7 Å². The zero-order valence-electron chi connectivity index (χ0n) is 15.7. The third kappa shape index (κ3) is 5.92. The molecule has 0 spiro atoms. The van der Waals surface area contributed by atoms with Crippen molar-refractivity contribution in [3.63, 3.8) is 0 Å². The summed E-state index contributed by atoms with van der Waals surface area (Å²) in [6.45, 7) is 6.92. The van der Waals surface area contributed by atoms with Crippen LogP contribution < -0.4 is 10.2 Å². The van der Waals surface area contributed by atoms with Crippen molar-refractivity contribution in [3.8, 4) is 0 Å². The Morgan fingerprint density at radius 2 is 1.93 bits per heavy atom. The summed E-state index contributed by atoms with van der Waals surface area (Å²) >= 11 is 1.32. The minimum absolute atomic E-state index is 0.0986. The molecule has 1 amide bonds. The molecule has 2 aromatic rings. The van der Waals surface area contributed by atoms with Crippen LogP contribution in [0, 0.1) is 17.7 Å². The van der Waals surface area contributed by atoms with Crippen LogP contribution in [0.25, 0.3) is 0 Å². The summed E-state index contributed by atoms with van der Waals surface area (Å²) in [5.74, 6) is 2.10. The molecule has 5 nitrogen and oxygen atoms in total. The Bertz CT molecular complexity index is 761. The third-order valence-electron chi connectivity index (χ3n) is 4.55. The number of carbonyl (C=O) groups excluding carboxylic acids is 1. The van der Waals surface area contributed by atoms with Gasteiger partial charge in [0.25, 0.3) is 0 Å². The molecule has 0 aliphatic carbocycles. The lowest BCUT2D eigenvalue weighted by Crippen LogP contribution is -2.39. The van der Waals surface area contributed by atoms with Gasteiger partial charge < -0.3 is 10.2 Å². The zero-order chi connectivity index (χ0) is 19.2. The number of rotatable bonds is 6. The molecule has 1 aliphatic heterocycles. The molecule has 2 atom stereocenters. The second-order valence-electron chi connectivity index (χ2n) is 7.24. The number of aromatic nitrogens is 2. The maximum atomic E-state index is 12.9. The first kappa shape index (κ1) is 19.6. The van der Waals surface area contributed by atoms with Crippen LogP contribution in [0.5, 0.6) is 0 Å². The Morgan fingerprint density at radius 1 is 1.22 bits per heavy atom. The maximum absolute atomic E-state index is 12.9. The zero-order valence-corrected chi connectivity index (χ0v) is 16.5. The van der Waals surface area contributed by atoms with E-state index >= 15 is 0 Å². The number of hydrogen-bond acceptors (Lipinski definition) is 5. The summed E-state index contributed by atoms with van der Waals surface area (Å²) in [5.41, 5.74) is 0.862. The summed E-state index contributed by atoms with van der Waals surface area (Å²) in [5, 5.41) is 3.44. The van der Waals surface area contributed by atoms with Crippen molar-refractivity contribution in [2.24, 2.45) is 11.8 Å². The van der Waals surface area contributed by atoms with Crippen molar-refractivity contribution in [2.45, 2.75) is 32.0 Å². The fraction of sp³-hybridized carbons (Fsp3) is 0.450. The van der Waals surface area contributed by atoms with E-state index < -0.39 is 0 Å². The molecule has 3 rings (SSSR count). The molecule has 0 bridgehead atoms. The van der Waals surface area contributed by atoms with Crippen LogP contribution in [0.2, 0.25) is 0 Å². The Hall–Kier alpha value is -2.15. The lowest BCUT2D eigenvalue weighted by molar-refractivity contribution is -0.118. The molecule has 144 valence electrons. The fourth-order valence-electron chi connectivity index (χ4n) is 3.41. The number of thioether (sulfide) groups is 1. The predicted molar refractivity (Wildman–Crippen MR) is 106 cm³/mol. The van der Waals surface area contributed by atoms with Gasteiger partial charge in [-0.2, -0.15) is 0 Å². The molecule has 1 aromatic carbocycles. The van der Waals surface area contributed by atoms with Gasteiger partial charge in [0, 0.05) is 25.8 Å². The minimum atomic E-state index is -0.282. The first-order valence-electron chi connectivity index (χ1n) is 9.21. The van der Waals surface area contributed by atoms with Crippen molar-refractivity contribution in [2.75, 3.05) is 23.7 Å². The van der Waals surface area contributed by atoms with E-state index in [9.17, 15) is 9.18 Å². The molecule has 2 heterocycles. The van der Waals surface area contributed by atoms with E-state index in [4.69, 9.17) is 0 Å². The van der Waals surface area contributed by atoms with Gasteiger partial charge in [0.1, 0.15) is 11.6 Å². The Balaban J connectivity index is 1.50. The normalized spacial score (nSPS) is 19.7. The lowest BCUT2D eigenvalue weighted by Gasteiger charge is -2.35. The topological polar surface area (TPSA) is 58.1 Å². The number of nitrogens with one attached hydrogen (secondary N) is 1. The standard InChI is InChI=1S/C20H25FN4OS/c1-14-9-15(2)12-25(11-14)18-7-8-22-20(24-18)27-13-19(26)23-10-16-3-5-17(21)6-4-16/h3-8,14-15H,9-13H2,1-2H3,(H,23,26). The van der Waals surface area contributed by atoms with Gasteiger partial charge in [-0.15, -0.1) is 0 Å². The van der Waals surface area contributed by atoms with E-state index in [1.165, 1.54) is 30.3 Å². The molecule has 1 fully saturated rings. The highest BCUT2D eigenvalue weighted by molar-refractivity contribution is 7.99. The highest BCUT2D eigenvalue weighted by atomic mass is 32.2. The van der Waals surface area contributed by atoms with Gasteiger partial charge in [0.15, 0.2) is 5.16 Å². The minimum Gasteiger partial charge on any atom is -0.356 e. The van der Waals surface area contributed by atoms with Crippen molar-refractivity contribution in [3.05, 3.63) is 47.9 Å². The highest BCUT2D eigenvalue weighted by Gasteiger charge is 2.23. The van der Waals surface area contributed by atoms with Gasteiger partial charge in [0.05, 0.1) is 5.75 Å². The number of halogens is 1. The molecule has 1 aromatic heterocycles. The Kier molecular flexibility index (Phi) is 6.66. The largest absolute Gasteiger partial charge is 0.356 e. The average molecular weight is 389 g/mol. The van der Waals surface area contributed by atoms with E-state index in [0.717, 1.165) is 24.5 Å². The van der Waals surface area contributed by atoms with Gasteiger partial charge >= 0.3 is 0 Å². The summed E-state index contributed by atoms with van der Waals surface area (Å²) in [6.07, 6.45) is 3.00. The second kappa shape index (κ2) is 9.17. The van der Waals surface area contributed by atoms with Crippen LogP contribution in [0.4, 0.5) is 10.2 Å². The molecular formula is C20H25FN4OS. The monoisotopic (exact) mass is 388 g/mol. The molecule has 0 radical (unpaired) electrons. The van der Waals surface area contributed by atoms with E-state index in [2.05, 4.69) is 34.0 Å². The Morgan fingerprint density at radius 3 is 2.63 bits per heavy atom. The quantitative estimate of drug-likeness (QED) is 0.606. The number of nitrogens with zero attached hydrogens (tertiary/aromatic N) is 3. The highest BCUT2D eigenvalue weighted by Crippen LogP contribution is 2.26. The average Bonchev–Trinajstić information content (AvgIpc) is 2.65. The SMILES string of the molecule is CC1CC(C)CN(c2ccnc(SCC(=O)NCc3ccc(F)cc3)n2)C1. The van der Waals surface area contributed by atoms with Gasteiger partial charge in [-0.1, -0.05) is 37.7 Å². The van der Waals surface area contributed by atoms with E-state index in [1.54, 1.807) is 18.3 Å². The number of hydrogen-bond donors (Lipinski definition) is 1. The molecule has 0 saturated carbocycles. The molecular weight excluding hydrogens is 363 g/mol. The van der Waals surface area contributed by atoms with Crippen LogP contribution in [0.3, 0.4) is 0 Å². The van der Waals surface area contributed by atoms with Crippen LogP contribution in [0.15, 0.2) is 41.7 Å². The van der Waals surface area contributed by atoms with Crippen molar-refractivity contribution < 1.29 is 9.18 Å². The van der Waals surface area contributed by atoms with Crippen LogP contribution >= 0.6 is 11.8 Å². The smallest absolute Gasteiger partial charge is 0.230 e. The fourth-order valence-corrected chi connectivity index (χ4v) is 4.07. The molecule has 2 unspecified atom stereocenters. The van der Waals surface area contributed by atoms with E-state index in [-0.39, 0.29) is 17.5 Å². The molecule has 1 saturated heterocycles.